The Morgan fingerprint density at radius 1 is 1.18 bits per heavy atom. The summed E-state index contributed by atoms with van der Waals surface area (Å²) in [6, 6.07) is 10.9. The van der Waals surface area contributed by atoms with Crippen molar-refractivity contribution in [2.75, 3.05) is 7.11 Å². The maximum absolute atomic E-state index is 15.1. The molecule has 1 aliphatic rings. The number of fused-ring (bicyclic) bond motifs is 1. The van der Waals surface area contributed by atoms with Crippen molar-refractivity contribution in [1.82, 2.24) is 4.98 Å². The smallest absolute Gasteiger partial charge is 0.309 e. The van der Waals surface area contributed by atoms with Gasteiger partial charge >= 0.3 is 5.97 Å². The van der Waals surface area contributed by atoms with E-state index in [4.69, 9.17) is 14.6 Å². The third-order valence-electron chi connectivity index (χ3n) is 5.94. The number of nitrogens with zero attached hydrogens (tertiary/aromatic N) is 1. The standard InChI is InChI=1S/C25H23F2NO5/c1-13(25(30)31)24(29)16-4-3-14-6-8-21(33-22(14)10-16)17-7-5-15(9-19(17)26)18-11-23(32-2)28-12-20(18)27/h3-5,7,9-13,21,24,29H,6,8H2,1-2H3,(H,30,31)/t13-,21?,24+/m0/s1. The normalized spacial score (nSPS) is 16.9. The second kappa shape index (κ2) is 9.15. The lowest BCUT2D eigenvalue weighted by Crippen LogP contribution is -2.20. The minimum atomic E-state index is -1.19. The molecule has 2 aromatic carbocycles. The van der Waals surface area contributed by atoms with Crippen LogP contribution in [0.25, 0.3) is 11.1 Å². The van der Waals surface area contributed by atoms with Crippen LogP contribution >= 0.6 is 0 Å². The molecule has 33 heavy (non-hydrogen) atoms. The van der Waals surface area contributed by atoms with Crippen LogP contribution in [-0.4, -0.2) is 28.3 Å². The zero-order valence-electron chi connectivity index (χ0n) is 18.1. The maximum Gasteiger partial charge on any atom is 0.309 e. The molecule has 4 rings (SSSR count). The van der Waals surface area contributed by atoms with Gasteiger partial charge in [-0.15, -0.1) is 0 Å². The Morgan fingerprint density at radius 2 is 1.97 bits per heavy atom. The van der Waals surface area contributed by atoms with Gasteiger partial charge in [0.25, 0.3) is 0 Å². The predicted molar refractivity (Wildman–Crippen MR) is 116 cm³/mol. The van der Waals surface area contributed by atoms with Crippen molar-refractivity contribution >= 4 is 5.97 Å². The van der Waals surface area contributed by atoms with Gasteiger partial charge in [-0.1, -0.05) is 24.3 Å². The number of ether oxygens (including phenoxy) is 2. The molecule has 0 fully saturated rings. The van der Waals surface area contributed by atoms with Crippen LogP contribution in [0.1, 0.15) is 42.2 Å². The van der Waals surface area contributed by atoms with Crippen LogP contribution in [0, 0.1) is 17.6 Å². The van der Waals surface area contributed by atoms with E-state index in [-0.39, 0.29) is 11.4 Å². The second-order valence-electron chi connectivity index (χ2n) is 8.03. The Labute approximate surface area is 189 Å². The van der Waals surface area contributed by atoms with Crippen molar-refractivity contribution in [3.8, 4) is 22.8 Å². The fourth-order valence-corrected chi connectivity index (χ4v) is 3.92. The number of methoxy groups -OCH3 is 1. The van der Waals surface area contributed by atoms with Crippen LogP contribution in [0.15, 0.2) is 48.7 Å². The largest absolute Gasteiger partial charge is 0.485 e. The maximum atomic E-state index is 15.1. The Balaban J connectivity index is 1.60. The number of hydrogen-bond acceptors (Lipinski definition) is 5. The number of aliphatic hydroxyl groups is 1. The number of aromatic nitrogens is 1. The van der Waals surface area contributed by atoms with E-state index in [1.807, 2.05) is 0 Å². The average Bonchev–Trinajstić information content (AvgIpc) is 2.82. The van der Waals surface area contributed by atoms with E-state index < -0.39 is 35.7 Å². The molecule has 172 valence electrons. The van der Waals surface area contributed by atoms with Crippen molar-refractivity contribution in [1.29, 1.82) is 0 Å². The van der Waals surface area contributed by atoms with Gasteiger partial charge in [0.2, 0.25) is 5.88 Å². The van der Waals surface area contributed by atoms with Crippen LogP contribution in [0.4, 0.5) is 8.78 Å². The minimum Gasteiger partial charge on any atom is -0.485 e. The van der Waals surface area contributed by atoms with Crippen molar-refractivity contribution in [3.05, 3.63) is 77.0 Å². The monoisotopic (exact) mass is 455 g/mol. The highest BCUT2D eigenvalue weighted by Crippen LogP contribution is 2.39. The summed E-state index contributed by atoms with van der Waals surface area (Å²) in [5.41, 5.74) is 2.16. The third-order valence-corrected chi connectivity index (χ3v) is 5.94. The number of rotatable bonds is 6. The lowest BCUT2D eigenvalue weighted by molar-refractivity contribution is -0.145. The molecule has 3 aromatic rings. The van der Waals surface area contributed by atoms with Crippen molar-refractivity contribution in [3.63, 3.8) is 0 Å². The first-order chi connectivity index (χ1) is 15.8. The highest BCUT2D eigenvalue weighted by molar-refractivity contribution is 5.70. The van der Waals surface area contributed by atoms with E-state index in [1.165, 1.54) is 26.2 Å². The highest BCUT2D eigenvalue weighted by Gasteiger charge is 2.27. The quantitative estimate of drug-likeness (QED) is 0.552. The van der Waals surface area contributed by atoms with Gasteiger partial charge in [-0.25, -0.2) is 13.8 Å². The van der Waals surface area contributed by atoms with Crippen LogP contribution in [0.2, 0.25) is 0 Å². The first-order valence-corrected chi connectivity index (χ1v) is 10.5. The molecule has 0 saturated carbocycles. The molecular weight excluding hydrogens is 432 g/mol. The molecule has 0 amide bonds. The SMILES string of the molecule is COc1cc(-c2ccc(C3CCc4ccc([C@H](O)[C@H](C)C(=O)O)cc4O3)c(F)c2)c(F)cn1. The van der Waals surface area contributed by atoms with Crippen LogP contribution in [0.3, 0.4) is 0 Å². The average molecular weight is 455 g/mol. The summed E-state index contributed by atoms with van der Waals surface area (Å²) in [6.45, 7) is 1.42. The molecule has 1 unspecified atom stereocenters. The Kier molecular flexibility index (Phi) is 6.29. The van der Waals surface area contributed by atoms with E-state index in [9.17, 15) is 14.3 Å². The number of carboxylic acids is 1. The number of halogens is 2. The molecule has 2 heterocycles. The van der Waals surface area contributed by atoms with Gasteiger partial charge in [-0.2, -0.15) is 0 Å². The number of pyridine rings is 1. The van der Waals surface area contributed by atoms with Crippen molar-refractivity contribution in [2.24, 2.45) is 5.92 Å². The molecule has 0 radical (unpaired) electrons. The van der Waals surface area contributed by atoms with Crippen LogP contribution in [-0.2, 0) is 11.2 Å². The van der Waals surface area contributed by atoms with Gasteiger partial charge in [-0.3, -0.25) is 4.79 Å². The van der Waals surface area contributed by atoms with Crippen molar-refractivity contribution < 1.29 is 33.3 Å². The molecule has 2 N–H and O–H groups in total. The lowest BCUT2D eigenvalue weighted by atomic mass is 9.92. The van der Waals surface area contributed by atoms with E-state index in [1.54, 1.807) is 30.3 Å². The molecule has 0 bridgehead atoms. The number of aryl methyl sites for hydroxylation is 1. The van der Waals surface area contributed by atoms with Crippen molar-refractivity contribution in [2.45, 2.75) is 32.0 Å². The van der Waals surface area contributed by atoms with Gasteiger partial charge < -0.3 is 19.7 Å². The number of aliphatic carboxylic acids is 1. The minimum absolute atomic E-state index is 0.174. The summed E-state index contributed by atoms with van der Waals surface area (Å²) in [7, 11) is 1.42. The zero-order chi connectivity index (χ0) is 23.7. The Bertz CT molecular complexity index is 1200. The Morgan fingerprint density at radius 3 is 2.67 bits per heavy atom. The second-order valence-corrected chi connectivity index (χ2v) is 8.03. The molecular formula is C25H23F2NO5. The molecule has 1 aromatic heterocycles. The number of aliphatic hydroxyl groups excluding tert-OH is 1. The molecule has 1 aliphatic heterocycles. The van der Waals surface area contributed by atoms with E-state index in [0.29, 0.717) is 35.3 Å². The predicted octanol–water partition coefficient (Wildman–Crippen LogP) is 4.86. The summed E-state index contributed by atoms with van der Waals surface area (Å²) < 4.78 is 40.3. The summed E-state index contributed by atoms with van der Waals surface area (Å²) >= 11 is 0. The fraction of sp³-hybridized carbons (Fsp3) is 0.280. The summed E-state index contributed by atoms with van der Waals surface area (Å²) in [6.07, 6.45) is 0.419. The van der Waals surface area contributed by atoms with Gasteiger partial charge in [0.05, 0.1) is 25.3 Å². The zero-order valence-corrected chi connectivity index (χ0v) is 18.1. The molecule has 0 saturated heterocycles. The highest BCUT2D eigenvalue weighted by atomic mass is 19.1. The van der Waals surface area contributed by atoms with Crippen LogP contribution in [0.5, 0.6) is 11.6 Å². The molecule has 8 heteroatoms. The van der Waals surface area contributed by atoms with Crippen LogP contribution < -0.4 is 9.47 Å². The molecule has 6 nitrogen and oxygen atoms in total. The van der Waals surface area contributed by atoms with Gasteiger partial charge in [0.1, 0.15) is 23.5 Å². The topological polar surface area (TPSA) is 88.9 Å². The molecule has 0 aliphatic carbocycles. The molecule has 3 atom stereocenters. The third kappa shape index (κ3) is 4.52. The first kappa shape index (κ1) is 22.7. The van der Waals surface area contributed by atoms with E-state index in [2.05, 4.69) is 4.98 Å². The van der Waals surface area contributed by atoms with Gasteiger partial charge in [-0.05, 0) is 48.6 Å². The number of carboxylic acid groups (broad SMARTS) is 1. The summed E-state index contributed by atoms with van der Waals surface area (Å²) in [4.78, 5) is 15.0. The number of hydrogen-bond donors (Lipinski definition) is 2. The Hall–Kier alpha value is -3.52. The lowest BCUT2D eigenvalue weighted by Gasteiger charge is -2.28. The van der Waals surface area contributed by atoms with Gasteiger partial charge in [0.15, 0.2) is 0 Å². The van der Waals surface area contributed by atoms with E-state index >= 15 is 4.39 Å². The van der Waals surface area contributed by atoms with Gasteiger partial charge in [0, 0.05) is 17.2 Å². The molecule has 0 spiro atoms. The summed E-state index contributed by atoms with van der Waals surface area (Å²) in [5, 5.41) is 19.5. The summed E-state index contributed by atoms with van der Waals surface area (Å²) in [5.74, 6) is -2.52. The van der Waals surface area contributed by atoms with E-state index in [0.717, 1.165) is 11.8 Å². The first-order valence-electron chi connectivity index (χ1n) is 10.5. The number of carbonyl (C=O) groups is 1. The fourth-order valence-electron chi connectivity index (χ4n) is 3.92. The number of benzene rings is 2.